The van der Waals surface area contributed by atoms with E-state index in [1.807, 2.05) is 18.2 Å². The van der Waals surface area contributed by atoms with Crippen LogP contribution in [0.4, 0.5) is 0 Å². The fourth-order valence-corrected chi connectivity index (χ4v) is 3.28. The Balaban J connectivity index is 0.00000392. The second-order valence-corrected chi connectivity index (χ2v) is 6.66. The number of guanidine groups is 1. The number of benzene rings is 1. The first kappa shape index (κ1) is 24.3. The van der Waals surface area contributed by atoms with E-state index in [4.69, 9.17) is 14.5 Å². The Hall–Kier alpha value is -1.71. The quantitative estimate of drug-likeness (QED) is 0.340. The summed E-state index contributed by atoms with van der Waals surface area (Å²) in [6.07, 6.45) is 2.62. The van der Waals surface area contributed by atoms with Crippen LogP contribution >= 0.6 is 24.0 Å². The number of nitrogens with one attached hydrogen (secondary N) is 2. The number of aliphatic imine (C=N–C) groups is 1. The molecule has 1 aromatic carbocycles. The summed E-state index contributed by atoms with van der Waals surface area (Å²) in [4.78, 5) is 18.7. The Labute approximate surface area is 185 Å². The van der Waals surface area contributed by atoms with Crippen LogP contribution in [0.15, 0.2) is 23.2 Å². The van der Waals surface area contributed by atoms with Crippen molar-refractivity contribution in [3.05, 3.63) is 23.8 Å². The molecule has 8 heteroatoms. The Morgan fingerprint density at radius 3 is 2.54 bits per heavy atom. The molecule has 1 fully saturated rings. The van der Waals surface area contributed by atoms with Crippen LogP contribution in [0, 0.1) is 5.92 Å². The van der Waals surface area contributed by atoms with Crippen LogP contribution in [0.2, 0.25) is 0 Å². The molecule has 28 heavy (non-hydrogen) atoms. The van der Waals surface area contributed by atoms with Crippen molar-refractivity contribution in [1.82, 2.24) is 15.5 Å². The van der Waals surface area contributed by atoms with E-state index in [1.54, 1.807) is 21.3 Å². The predicted molar refractivity (Wildman–Crippen MR) is 123 cm³/mol. The van der Waals surface area contributed by atoms with Crippen molar-refractivity contribution in [1.29, 1.82) is 0 Å². The van der Waals surface area contributed by atoms with Gasteiger partial charge in [-0.2, -0.15) is 0 Å². The van der Waals surface area contributed by atoms with Gasteiger partial charge in [0.05, 0.1) is 20.8 Å². The zero-order chi connectivity index (χ0) is 19.6. The highest BCUT2D eigenvalue weighted by Gasteiger charge is 2.23. The van der Waals surface area contributed by atoms with Crippen LogP contribution in [0.1, 0.15) is 31.7 Å². The Morgan fingerprint density at radius 2 is 1.96 bits per heavy atom. The number of hydrogen-bond acceptors (Lipinski definition) is 4. The lowest BCUT2D eigenvalue weighted by Crippen LogP contribution is -2.46. The van der Waals surface area contributed by atoms with Gasteiger partial charge in [-0.05, 0) is 37.8 Å². The average molecular weight is 504 g/mol. The molecule has 1 aliphatic heterocycles. The van der Waals surface area contributed by atoms with E-state index in [9.17, 15) is 4.79 Å². The van der Waals surface area contributed by atoms with Gasteiger partial charge in [0.2, 0.25) is 5.91 Å². The molecule has 0 spiro atoms. The third kappa shape index (κ3) is 7.03. The summed E-state index contributed by atoms with van der Waals surface area (Å²) in [5, 5.41) is 6.10. The third-order valence-corrected chi connectivity index (χ3v) is 4.90. The van der Waals surface area contributed by atoms with Gasteiger partial charge >= 0.3 is 0 Å². The van der Waals surface area contributed by atoms with E-state index < -0.39 is 0 Å². The van der Waals surface area contributed by atoms with Gasteiger partial charge in [0.1, 0.15) is 11.5 Å². The number of carbonyl (C=O) groups is 1. The summed E-state index contributed by atoms with van der Waals surface area (Å²) in [5.41, 5.74) is 1.02. The van der Waals surface area contributed by atoms with E-state index in [-0.39, 0.29) is 29.9 Å². The molecule has 1 aromatic rings. The molecular weight excluding hydrogens is 471 g/mol. The molecule has 0 bridgehead atoms. The van der Waals surface area contributed by atoms with Crippen LogP contribution in [-0.4, -0.2) is 57.7 Å². The predicted octanol–water partition coefficient (Wildman–Crippen LogP) is 2.64. The zero-order valence-corrected chi connectivity index (χ0v) is 19.6. The maximum Gasteiger partial charge on any atom is 0.220 e. The van der Waals surface area contributed by atoms with Gasteiger partial charge in [-0.25, -0.2) is 4.99 Å². The van der Waals surface area contributed by atoms with Gasteiger partial charge in [-0.1, -0.05) is 0 Å². The molecule has 0 atom stereocenters. The topological polar surface area (TPSA) is 75.2 Å². The Morgan fingerprint density at radius 1 is 1.25 bits per heavy atom. The second kappa shape index (κ2) is 12.7. The molecule has 1 amide bonds. The Kier molecular flexibility index (Phi) is 11.0. The normalized spacial score (nSPS) is 14.9. The molecule has 0 aromatic heterocycles. The number of amides is 1. The molecule has 2 N–H and O–H groups in total. The number of likely N-dealkylation sites (tertiary alicyclic amines) is 1. The fourth-order valence-electron chi connectivity index (χ4n) is 3.28. The van der Waals surface area contributed by atoms with Crippen LogP contribution in [-0.2, 0) is 11.3 Å². The monoisotopic (exact) mass is 504 g/mol. The van der Waals surface area contributed by atoms with Gasteiger partial charge in [-0.15, -0.1) is 24.0 Å². The lowest BCUT2D eigenvalue weighted by molar-refractivity contribution is -0.121. The summed E-state index contributed by atoms with van der Waals surface area (Å²) in [6, 6.07) is 5.78. The van der Waals surface area contributed by atoms with Crippen molar-refractivity contribution in [3.8, 4) is 11.5 Å². The molecule has 1 heterocycles. The molecular formula is C20H33IN4O3. The summed E-state index contributed by atoms with van der Waals surface area (Å²) in [6.45, 7) is 5.24. The second-order valence-electron chi connectivity index (χ2n) is 6.66. The van der Waals surface area contributed by atoms with Gasteiger partial charge in [0.15, 0.2) is 5.96 Å². The summed E-state index contributed by atoms with van der Waals surface area (Å²) in [7, 11) is 4.99. The first-order valence-electron chi connectivity index (χ1n) is 9.56. The number of carbonyl (C=O) groups excluding carboxylic acids is 1. The van der Waals surface area contributed by atoms with E-state index >= 15 is 0 Å². The highest BCUT2D eigenvalue weighted by molar-refractivity contribution is 14.0. The number of piperidine rings is 1. The van der Waals surface area contributed by atoms with E-state index in [0.29, 0.717) is 18.9 Å². The molecule has 0 saturated carbocycles. The molecule has 0 aliphatic carbocycles. The highest BCUT2D eigenvalue weighted by Crippen LogP contribution is 2.25. The van der Waals surface area contributed by atoms with Crippen molar-refractivity contribution in [2.45, 2.75) is 32.7 Å². The standard InChI is InChI=1S/C20H32N4O3.HI/c1-5-22-20(24-10-8-15(9-11-24)12-19(25)21-2)23-14-16-6-7-17(26-3)13-18(16)27-4;/h6-7,13,15H,5,8-12,14H2,1-4H3,(H,21,25)(H,22,23);1H. The number of halogens is 1. The van der Waals surface area contributed by atoms with Gasteiger partial charge < -0.3 is 25.0 Å². The summed E-state index contributed by atoms with van der Waals surface area (Å²) < 4.78 is 10.7. The number of rotatable bonds is 7. The fraction of sp³-hybridized carbons (Fsp3) is 0.600. The minimum Gasteiger partial charge on any atom is -0.497 e. The average Bonchev–Trinajstić information content (AvgIpc) is 2.71. The molecule has 0 unspecified atom stereocenters. The number of methoxy groups -OCH3 is 2. The van der Waals surface area contributed by atoms with E-state index in [0.717, 1.165) is 55.5 Å². The SMILES string of the molecule is CCNC(=NCc1ccc(OC)cc1OC)N1CCC(CC(=O)NC)CC1.I. The number of hydrogen-bond donors (Lipinski definition) is 2. The Bertz CT molecular complexity index is 646. The van der Waals surface area contributed by atoms with Crippen molar-refractivity contribution in [2.24, 2.45) is 10.9 Å². The van der Waals surface area contributed by atoms with E-state index in [1.165, 1.54) is 0 Å². The van der Waals surface area contributed by atoms with Crippen LogP contribution in [0.5, 0.6) is 11.5 Å². The van der Waals surface area contributed by atoms with Crippen LogP contribution in [0.3, 0.4) is 0 Å². The number of nitrogens with zero attached hydrogens (tertiary/aromatic N) is 2. The van der Waals surface area contributed by atoms with Crippen molar-refractivity contribution in [2.75, 3.05) is 40.9 Å². The third-order valence-electron chi connectivity index (χ3n) is 4.90. The maximum absolute atomic E-state index is 11.6. The van der Waals surface area contributed by atoms with Crippen molar-refractivity contribution >= 4 is 35.8 Å². The summed E-state index contributed by atoms with van der Waals surface area (Å²) in [5.74, 6) is 3.03. The first-order valence-corrected chi connectivity index (χ1v) is 9.56. The molecule has 158 valence electrons. The van der Waals surface area contributed by atoms with Gasteiger partial charge in [0.25, 0.3) is 0 Å². The number of ether oxygens (including phenoxy) is 2. The highest BCUT2D eigenvalue weighted by atomic mass is 127. The minimum absolute atomic E-state index is 0. The largest absolute Gasteiger partial charge is 0.497 e. The van der Waals surface area contributed by atoms with E-state index in [2.05, 4.69) is 22.5 Å². The van der Waals surface area contributed by atoms with Crippen molar-refractivity contribution < 1.29 is 14.3 Å². The van der Waals surface area contributed by atoms with Gasteiger partial charge in [-0.3, -0.25) is 4.79 Å². The molecule has 1 aliphatic rings. The van der Waals surface area contributed by atoms with Crippen molar-refractivity contribution in [3.63, 3.8) is 0 Å². The molecule has 7 nitrogen and oxygen atoms in total. The van der Waals surface area contributed by atoms with Crippen LogP contribution in [0.25, 0.3) is 0 Å². The lowest BCUT2D eigenvalue weighted by Gasteiger charge is -2.34. The maximum atomic E-state index is 11.6. The molecule has 0 radical (unpaired) electrons. The molecule has 1 saturated heterocycles. The lowest BCUT2D eigenvalue weighted by atomic mass is 9.93. The zero-order valence-electron chi connectivity index (χ0n) is 17.3. The van der Waals surface area contributed by atoms with Gasteiger partial charge in [0, 0.05) is 44.7 Å². The minimum atomic E-state index is 0. The molecule has 2 rings (SSSR count). The van der Waals surface area contributed by atoms with Crippen LogP contribution < -0.4 is 20.1 Å². The summed E-state index contributed by atoms with van der Waals surface area (Å²) >= 11 is 0. The first-order chi connectivity index (χ1) is 13.1. The smallest absolute Gasteiger partial charge is 0.220 e.